The molecule has 170 valence electrons. The van der Waals surface area contributed by atoms with Crippen LogP contribution in [0.4, 0.5) is 13.2 Å². The second-order valence-corrected chi connectivity index (χ2v) is 8.13. The van der Waals surface area contributed by atoms with Crippen molar-refractivity contribution < 1.29 is 23.0 Å². The van der Waals surface area contributed by atoms with Gasteiger partial charge >= 0.3 is 6.18 Å². The van der Waals surface area contributed by atoms with Crippen molar-refractivity contribution in [1.82, 2.24) is 10.2 Å². The number of rotatable bonds is 6. The molecule has 4 nitrogen and oxygen atoms in total. The Morgan fingerprint density at radius 1 is 0.970 bits per heavy atom. The molecule has 0 aliphatic heterocycles. The molecule has 0 aliphatic rings. The fraction of sp³-hybridized carbons (Fsp3) is 0.125. The summed E-state index contributed by atoms with van der Waals surface area (Å²) in [5.41, 5.74) is 1.06. The van der Waals surface area contributed by atoms with E-state index in [4.69, 9.17) is 27.9 Å². The zero-order valence-corrected chi connectivity index (χ0v) is 18.5. The number of nitrogens with one attached hydrogen (secondary N) is 1. The van der Waals surface area contributed by atoms with Gasteiger partial charge in [0.25, 0.3) is 0 Å². The number of nitrogens with zero attached hydrogens (tertiary/aromatic N) is 1. The van der Waals surface area contributed by atoms with Crippen molar-refractivity contribution in [1.29, 1.82) is 0 Å². The molecule has 4 aromatic rings. The Labute approximate surface area is 197 Å². The standard InChI is InChI=1S/C24H17Cl2F3N2O2/c25-16-7-5-14(6-8-16)13-33-21-10-9-17(20-12-22(31-30-20)24(27,28)29)23(32)18(21)11-15-3-1-2-4-19(15)26/h1-10,12,32H,11,13H2,(H,30,31). The SMILES string of the molecule is Oc1c(-c2cc(C(F)(F)F)[nH]n2)ccc(OCc2ccc(Cl)cc2)c1Cc1ccccc1Cl. The molecule has 0 aliphatic carbocycles. The van der Waals surface area contributed by atoms with E-state index in [1.165, 1.54) is 6.07 Å². The molecular weight excluding hydrogens is 476 g/mol. The van der Waals surface area contributed by atoms with Crippen LogP contribution in [0.2, 0.25) is 10.0 Å². The van der Waals surface area contributed by atoms with Crippen LogP contribution in [0.5, 0.6) is 11.5 Å². The summed E-state index contributed by atoms with van der Waals surface area (Å²) in [5.74, 6) is 0.140. The molecule has 0 saturated carbocycles. The molecule has 9 heteroatoms. The molecule has 0 fully saturated rings. The van der Waals surface area contributed by atoms with E-state index in [-0.39, 0.29) is 30.0 Å². The highest BCUT2D eigenvalue weighted by molar-refractivity contribution is 6.31. The van der Waals surface area contributed by atoms with Gasteiger partial charge in [-0.15, -0.1) is 0 Å². The van der Waals surface area contributed by atoms with Crippen molar-refractivity contribution in [2.45, 2.75) is 19.2 Å². The molecular formula is C24H17Cl2F3N2O2. The molecule has 3 aromatic carbocycles. The first-order valence-corrected chi connectivity index (χ1v) is 10.6. The zero-order valence-electron chi connectivity index (χ0n) is 17.0. The summed E-state index contributed by atoms with van der Waals surface area (Å²) >= 11 is 12.2. The van der Waals surface area contributed by atoms with Gasteiger partial charge in [0.2, 0.25) is 0 Å². The molecule has 0 spiro atoms. The Balaban J connectivity index is 1.72. The van der Waals surface area contributed by atoms with Gasteiger partial charge in [-0.3, -0.25) is 5.10 Å². The topological polar surface area (TPSA) is 58.1 Å². The van der Waals surface area contributed by atoms with E-state index in [0.29, 0.717) is 21.4 Å². The van der Waals surface area contributed by atoms with E-state index in [9.17, 15) is 18.3 Å². The number of aromatic amines is 1. The second kappa shape index (κ2) is 9.37. The van der Waals surface area contributed by atoms with E-state index in [2.05, 4.69) is 5.10 Å². The molecule has 4 rings (SSSR count). The highest BCUT2D eigenvalue weighted by atomic mass is 35.5. The number of ether oxygens (including phenoxy) is 1. The maximum Gasteiger partial charge on any atom is 0.432 e. The lowest BCUT2D eigenvalue weighted by Crippen LogP contribution is -2.04. The lowest BCUT2D eigenvalue weighted by Gasteiger charge is -2.16. The van der Waals surface area contributed by atoms with Crippen molar-refractivity contribution in [2.75, 3.05) is 0 Å². The summed E-state index contributed by atoms with van der Waals surface area (Å²) in [7, 11) is 0. The molecule has 0 amide bonds. The second-order valence-electron chi connectivity index (χ2n) is 7.29. The van der Waals surface area contributed by atoms with Gasteiger partial charge in [-0.25, -0.2) is 0 Å². The third kappa shape index (κ3) is 5.26. The Morgan fingerprint density at radius 2 is 1.70 bits per heavy atom. The molecule has 0 atom stereocenters. The highest BCUT2D eigenvalue weighted by Gasteiger charge is 2.33. The van der Waals surface area contributed by atoms with Crippen LogP contribution >= 0.6 is 23.2 Å². The van der Waals surface area contributed by atoms with E-state index >= 15 is 0 Å². The van der Waals surface area contributed by atoms with Gasteiger partial charge in [0, 0.05) is 27.6 Å². The Bertz CT molecular complexity index is 1270. The number of phenolic OH excluding ortho intramolecular Hbond substituents is 1. The zero-order chi connectivity index (χ0) is 23.6. The summed E-state index contributed by atoms with van der Waals surface area (Å²) in [6.45, 7) is 0.201. The van der Waals surface area contributed by atoms with Crippen LogP contribution < -0.4 is 4.74 Å². The smallest absolute Gasteiger partial charge is 0.432 e. The summed E-state index contributed by atoms with van der Waals surface area (Å²) in [5, 5.41) is 17.8. The number of aromatic nitrogens is 2. The van der Waals surface area contributed by atoms with E-state index in [0.717, 1.165) is 17.2 Å². The number of H-pyrrole nitrogens is 1. The van der Waals surface area contributed by atoms with Crippen molar-refractivity contribution in [3.05, 3.63) is 99.2 Å². The number of phenols is 1. The average molecular weight is 493 g/mol. The summed E-state index contributed by atoms with van der Waals surface area (Å²) in [6.07, 6.45) is -4.38. The van der Waals surface area contributed by atoms with Crippen LogP contribution in [0.15, 0.2) is 66.7 Å². The molecule has 0 saturated heterocycles. The van der Waals surface area contributed by atoms with Crippen molar-refractivity contribution in [3.63, 3.8) is 0 Å². The number of aromatic hydroxyl groups is 1. The van der Waals surface area contributed by atoms with E-state index in [1.807, 2.05) is 17.2 Å². The molecule has 0 radical (unpaired) electrons. The van der Waals surface area contributed by atoms with Crippen LogP contribution in [-0.4, -0.2) is 15.3 Å². The van der Waals surface area contributed by atoms with Crippen LogP contribution in [0.25, 0.3) is 11.3 Å². The maximum absolute atomic E-state index is 13.0. The minimum Gasteiger partial charge on any atom is -0.507 e. The number of benzene rings is 3. The van der Waals surface area contributed by atoms with Crippen LogP contribution in [0.3, 0.4) is 0 Å². The fourth-order valence-corrected chi connectivity index (χ4v) is 3.64. The quantitative estimate of drug-likeness (QED) is 0.297. The van der Waals surface area contributed by atoms with Crippen molar-refractivity contribution >= 4 is 23.2 Å². The minimum atomic E-state index is -4.58. The first kappa shape index (κ1) is 23.0. The first-order chi connectivity index (χ1) is 15.7. The number of hydrogen-bond acceptors (Lipinski definition) is 3. The minimum absolute atomic E-state index is 0.0375. The number of alkyl halides is 3. The molecule has 0 unspecified atom stereocenters. The fourth-order valence-electron chi connectivity index (χ4n) is 3.31. The molecule has 2 N–H and O–H groups in total. The van der Waals surface area contributed by atoms with E-state index < -0.39 is 11.9 Å². The van der Waals surface area contributed by atoms with Crippen LogP contribution in [-0.2, 0) is 19.2 Å². The summed E-state index contributed by atoms with van der Waals surface area (Å²) < 4.78 is 45.0. The van der Waals surface area contributed by atoms with Gasteiger partial charge in [0.05, 0.1) is 5.69 Å². The first-order valence-electron chi connectivity index (χ1n) is 9.81. The van der Waals surface area contributed by atoms with Gasteiger partial charge in [-0.2, -0.15) is 18.3 Å². The normalized spacial score (nSPS) is 11.5. The van der Waals surface area contributed by atoms with Gasteiger partial charge in [-0.1, -0.05) is 53.5 Å². The van der Waals surface area contributed by atoms with Gasteiger partial charge in [-0.05, 0) is 47.5 Å². The maximum atomic E-state index is 13.0. The Kier molecular flexibility index (Phi) is 6.54. The third-order valence-electron chi connectivity index (χ3n) is 5.03. The molecule has 0 bridgehead atoms. The summed E-state index contributed by atoms with van der Waals surface area (Å²) in [4.78, 5) is 0. The van der Waals surface area contributed by atoms with Crippen molar-refractivity contribution in [3.8, 4) is 22.8 Å². The lowest BCUT2D eigenvalue weighted by atomic mass is 9.98. The Hall–Kier alpha value is -3.16. The van der Waals surface area contributed by atoms with Gasteiger partial charge in [0.15, 0.2) is 0 Å². The van der Waals surface area contributed by atoms with Gasteiger partial charge in [0.1, 0.15) is 23.8 Å². The predicted octanol–water partition coefficient (Wildman–Crippen LogP) is 7.28. The highest BCUT2D eigenvalue weighted by Crippen LogP contribution is 2.40. The number of halogens is 5. The summed E-state index contributed by atoms with van der Waals surface area (Å²) in [6, 6.07) is 18.1. The third-order valence-corrected chi connectivity index (χ3v) is 5.65. The molecule has 1 heterocycles. The average Bonchev–Trinajstić information content (AvgIpc) is 3.27. The number of hydrogen-bond donors (Lipinski definition) is 2. The van der Waals surface area contributed by atoms with Crippen LogP contribution in [0, 0.1) is 0 Å². The van der Waals surface area contributed by atoms with Crippen molar-refractivity contribution in [2.24, 2.45) is 0 Å². The van der Waals surface area contributed by atoms with Crippen LogP contribution in [0.1, 0.15) is 22.4 Å². The van der Waals surface area contributed by atoms with Gasteiger partial charge < -0.3 is 9.84 Å². The van der Waals surface area contributed by atoms with E-state index in [1.54, 1.807) is 42.5 Å². The lowest BCUT2D eigenvalue weighted by molar-refractivity contribution is -0.141. The Morgan fingerprint density at radius 3 is 2.36 bits per heavy atom. The monoisotopic (exact) mass is 492 g/mol. The molecule has 1 aromatic heterocycles. The largest absolute Gasteiger partial charge is 0.507 e. The molecule has 33 heavy (non-hydrogen) atoms. The predicted molar refractivity (Wildman–Crippen MR) is 121 cm³/mol.